The van der Waals surface area contributed by atoms with E-state index in [1.54, 1.807) is 11.3 Å². The lowest BCUT2D eigenvalue weighted by Gasteiger charge is -2.23. The summed E-state index contributed by atoms with van der Waals surface area (Å²) >= 11 is 1.55. The lowest BCUT2D eigenvalue weighted by atomic mass is 9.96. The first-order valence-corrected chi connectivity index (χ1v) is 11.7. The smallest absolute Gasteiger partial charge is 0.230 e. The molecule has 1 atom stereocenters. The van der Waals surface area contributed by atoms with Gasteiger partial charge in [0.1, 0.15) is 10.6 Å². The third-order valence-corrected chi connectivity index (χ3v) is 6.53. The molecular formula is C23H22N8OS. The van der Waals surface area contributed by atoms with E-state index in [0.717, 1.165) is 58.0 Å². The highest BCUT2D eigenvalue weighted by atomic mass is 32.1. The predicted molar refractivity (Wildman–Crippen MR) is 129 cm³/mol. The van der Waals surface area contributed by atoms with Crippen LogP contribution in [-0.2, 0) is 4.79 Å². The number of H-pyrrole nitrogens is 1. The number of carbonyl (C=O) groups excluding carboxylic acids is 1. The van der Waals surface area contributed by atoms with Gasteiger partial charge in [-0.05, 0) is 62.1 Å². The highest BCUT2D eigenvalue weighted by Gasteiger charge is 2.26. The van der Waals surface area contributed by atoms with Crippen LogP contribution >= 0.6 is 11.3 Å². The molecule has 0 aliphatic carbocycles. The largest absolute Gasteiger partial charge is 0.355 e. The minimum atomic E-state index is -0.0794. The number of aromatic nitrogens is 4. The fraction of sp³-hybridized carbons (Fsp3) is 0.217. The minimum Gasteiger partial charge on any atom is -0.355 e. The quantitative estimate of drug-likeness (QED) is 0.381. The molecule has 3 aromatic heterocycles. The van der Waals surface area contributed by atoms with Gasteiger partial charge in [-0.1, -0.05) is 0 Å². The molecule has 3 aromatic rings. The van der Waals surface area contributed by atoms with E-state index in [0.29, 0.717) is 17.6 Å². The maximum atomic E-state index is 12.8. The molecule has 1 saturated heterocycles. The summed E-state index contributed by atoms with van der Waals surface area (Å²) in [6.07, 6.45) is 9.65. The molecule has 0 saturated carbocycles. The van der Waals surface area contributed by atoms with Crippen molar-refractivity contribution in [3.8, 4) is 0 Å². The van der Waals surface area contributed by atoms with Crippen LogP contribution in [-0.4, -0.2) is 38.5 Å². The zero-order chi connectivity index (χ0) is 22.4. The second kappa shape index (κ2) is 7.98. The number of thiophene rings is 1. The Morgan fingerprint density at radius 1 is 1.15 bits per heavy atom. The molecule has 2 bridgehead atoms. The fourth-order valence-electron chi connectivity index (χ4n) is 4.21. The minimum absolute atomic E-state index is 0.0794. The number of Topliss-reactive ketones (excluding diaryl/α,β-unsaturated/α-hetero) is 1. The van der Waals surface area contributed by atoms with E-state index >= 15 is 0 Å². The Bertz CT molecular complexity index is 1390. The molecule has 6 rings (SSSR count). The number of fused-ring (bicyclic) bond motifs is 3. The number of anilines is 3. The van der Waals surface area contributed by atoms with Gasteiger partial charge >= 0.3 is 0 Å². The maximum absolute atomic E-state index is 12.8. The second-order valence-corrected chi connectivity index (χ2v) is 9.15. The molecule has 0 amide bonds. The highest BCUT2D eigenvalue weighted by Crippen LogP contribution is 2.30. The van der Waals surface area contributed by atoms with E-state index in [9.17, 15) is 4.79 Å². The molecule has 166 valence electrons. The van der Waals surface area contributed by atoms with Crippen molar-refractivity contribution in [3.05, 3.63) is 70.2 Å². The number of dihydropyridines is 1. The average molecular weight is 459 g/mol. The number of aryl methyl sites for hydroxylation is 1. The summed E-state index contributed by atoms with van der Waals surface area (Å²) in [5.74, 6) is 2.03. The number of aromatic amines is 1. The van der Waals surface area contributed by atoms with E-state index in [1.807, 2.05) is 48.7 Å². The summed E-state index contributed by atoms with van der Waals surface area (Å²) in [5, 5.41) is 23.3. The first-order valence-electron chi connectivity index (χ1n) is 10.8. The Balaban J connectivity index is 1.25. The summed E-state index contributed by atoms with van der Waals surface area (Å²) in [5.41, 5.74) is 4.26. The SMILES string of the molecule is Cc1cc(Nc2nc(NC3=CC4=CC(C(=O)[C@@H]5CCCN5)=CC(=C3)N4)nc3sccc23)n[nH]1. The molecule has 0 unspecified atom stereocenters. The number of hydrogen-bond donors (Lipinski definition) is 5. The van der Waals surface area contributed by atoms with Crippen LogP contribution in [0.25, 0.3) is 10.2 Å². The Morgan fingerprint density at radius 3 is 2.85 bits per heavy atom. The number of nitrogens with one attached hydrogen (secondary N) is 5. The second-order valence-electron chi connectivity index (χ2n) is 8.26. The number of allylic oxidation sites excluding steroid dienone is 4. The predicted octanol–water partition coefficient (Wildman–Crippen LogP) is 3.39. The average Bonchev–Trinajstić information content (AvgIpc) is 3.55. The third-order valence-electron chi connectivity index (χ3n) is 5.73. The van der Waals surface area contributed by atoms with Crippen LogP contribution in [0.5, 0.6) is 0 Å². The third kappa shape index (κ3) is 3.94. The van der Waals surface area contributed by atoms with Gasteiger partial charge in [0, 0.05) is 34.4 Å². The molecule has 3 aliphatic rings. The molecule has 0 spiro atoms. The Kier molecular flexibility index (Phi) is 4.81. The van der Waals surface area contributed by atoms with Gasteiger partial charge in [0.15, 0.2) is 11.6 Å². The van der Waals surface area contributed by atoms with Crippen molar-refractivity contribution in [2.45, 2.75) is 25.8 Å². The number of hydrogen-bond acceptors (Lipinski definition) is 9. The van der Waals surface area contributed by atoms with Crippen molar-refractivity contribution in [2.24, 2.45) is 0 Å². The fourth-order valence-corrected chi connectivity index (χ4v) is 4.97. The van der Waals surface area contributed by atoms with Gasteiger partial charge in [0.25, 0.3) is 0 Å². The van der Waals surface area contributed by atoms with Crippen LogP contribution in [0, 0.1) is 6.92 Å². The summed E-state index contributed by atoms with van der Waals surface area (Å²) in [4.78, 5) is 23.0. The first kappa shape index (κ1) is 19.9. The van der Waals surface area contributed by atoms with Gasteiger partial charge in [-0.15, -0.1) is 11.3 Å². The number of rotatable bonds is 6. The summed E-state index contributed by atoms with van der Waals surface area (Å²) < 4.78 is 0. The van der Waals surface area contributed by atoms with Crippen molar-refractivity contribution in [2.75, 3.05) is 17.2 Å². The summed E-state index contributed by atoms with van der Waals surface area (Å²) in [7, 11) is 0. The molecule has 33 heavy (non-hydrogen) atoms. The molecule has 1 fully saturated rings. The molecule has 5 N–H and O–H groups in total. The Hall–Kier alpha value is -3.76. The van der Waals surface area contributed by atoms with Gasteiger partial charge < -0.3 is 21.3 Å². The first-order chi connectivity index (χ1) is 16.1. The van der Waals surface area contributed by atoms with Gasteiger partial charge in [-0.25, -0.2) is 4.98 Å². The van der Waals surface area contributed by atoms with E-state index in [-0.39, 0.29) is 11.8 Å². The molecule has 0 aromatic carbocycles. The van der Waals surface area contributed by atoms with Crippen molar-refractivity contribution in [1.29, 1.82) is 0 Å². The van der Waals surface area contributed by atoms with E-state index in [2.05, 4.69) is 36.4 Å². The van der Waals surface area contributed by atoms with Crippen LogP contribution in [0.4, 0.5) is 17.6 Å². The van der Waals surface area contributed by atoms with E-state index in [4.69, 9.17) is 4.98 Å². The number of nitrogens with zero attached hydrogens (tertiary/aromatic N) is 3. The van der Waals surface area contributed by atoms with Crippen LogP contribution in [0.2, 0.25) is 0 Å². The molecule has 9 nitrogen and oxygen atoms in total. The zero-order valence-electron chi connectivity index (χ0n) is 17.9. The number of carbonyl (C=O) groups is 1. The van der Waals surface area contributed by atoms with Crippen LogP contribution in [0.1, 0.15) is 18.5 Å². The topological polar surface area (TPSA) is 120 Å². The molecular weight excluding hydrogens is 436 g/mol. The Labute approximate surface area is 193 Å². The molecule has 10 heteroatoms. The van der Waals surface area contributed by atoms with Crippen molar-refractivity contribution in [3.63, 3.8) is 0 Å². The summed E-state index contributed by atoms with van der Waals surface area (Å²) in [6.45, 7) is 2.85. The van der Waals surface area contributed by atoms with Crippen LogP contribution < -0.4 is 21.3 Å². The van der Waals surface area contributed by atoms with Gasteiger partial charge in [0.2, 0.25) is 5.95 Å². The van der Waals surface area contributed by atoms with Crippen molar-refractivity contribution >= 4 is 44.9 Å². The summed E-state index contributed by atoms with van der Waals surface area (Å²) in [6, 6.07) is 3.84. The van der Waals surface area contributed by atoms with E-state index < -0.39 is 0 Å². The monoisotopic (exact) mass is 458 g/mol. The van der Waals surface area contributed by atoms with Gasteiger partial charge in [-0.2, -0.15) is 10.1 Å². The Morgan fingerprint density at radius 2 is 2.06 bits per heavy atom. The van der Waals surface area contributed by atoms with Crippen molar-refractivity contribution < 1.29 is 4.79 Å². The highest BCUT2D eigenvalue weighted by molar-refractivity contribution is 7.16. The van der Waals surface area contributed by atoms with Crippen LogP contribution in [0.15, 0.2) is 64.5 Å². The van der Waals surface area contributed by atoms with Gasteiger partial charge in [0.05, 0.1) is 11.4 Å². The van der Waals surface area contributed by atoms with E-state index in [1.165, 1.54) is 0 Å². The number of ketones is 1. The van der Waals surface area contributed by atoms with Gasteiger partial charge in [-0.3, -0.25) is 9.89 Å². The lowest BCUT2D eigenvalue weighted by Crippen LogP contribution is -2.33. The standard InChI is InChI=1S/C23H22N8OS/c1-12-7-19(31-30-12)27-21-17-4-6-33-22(17)29-23(28-21)26-16-10-14-8-13(9-15(11-16)25-14)20(32)18-3-2-5-24-18/h4,6-11,18,24-25H,2-3,5H2,1H3,(H3,26,27,28,29,30,31)/t18-/m0/s1. The maximum Gasteiger partial charge on any atom is 0.230 e. The molecule has 6 heterocycles. The van der Waals surface area contributed by atoms with Crippen molar-refractivity contribution in [1.82, 2.24) is 30.8 Å². The normalized spacial score (nSPS) is 19.4. The lowest BCUT2D eigenvalue weighted by molar-refractivity contribution is -0.116. The molecule has 0 radical (unpaired) electrons. The molecule has 3 aliphatic heterocycles. The van der Waals surface area contributed by atoms with Crippen LogP contribution in [0.3, 0.4) is 0 Å². The zero-order valence-corrected chi connectivity index (χ0v) is 18.7.